The van der Waals surface area contributed by atoms with Crippen LogP contribution in [0.5, 0.6) is 5.75 Å². The second-order valence-electron chi connectivity index (χ2n) is 6.82. The molecule has 2 aromatic rings. The van der Waals surface area contributed by atoms with Crippen molar-refractivity contribution in [2.45, 2.75) is 44.6 Å². The van der Waals surface area contributed by atoms with E-state index in [1.807, 2.05) is 20.0 Å². The summed E-state index contributed by atoms with van der Waals surface area (Å²) in [6.45, 7) is 3.71. The number of benzene rings is 1. The zero-order valence-electron chi connectivity index (χ0n) is 15.2. The Hall–Kier alpha value is -2.71. The second-order valence-corrected chi connectivity index (χ2v) is 6.82. The normalized spacial score (nSPS) is 16.5. The first kappa shape index (κ1) is 19.1. The van der Waals surface area contributed by atoms with E-state index in [4.69, 9.17) is 0 Å². The standard InChI is InChI=1S/C18H21F3N4O2/c1-11(15-10-25(3)24-12(15)2)22-16(26)23-17(7-8-17)13-5-4-6-14(9-13)27-18(19,20)21/h4-6,9-11H,7-8H2,1-3H3,(H2,22,23,26). The van der Waals surface area contributed by atoms with Gasteiger partial charge in [0.25, 0.3) is 0 Å². The smallest absolute Gasteiger partial charge is 0.406 e. The minimum absolute atomic E-state index is 0.255. The van der Waals surface area contributed by atoms with Gasteiger partial charge in [-0.25, -0.2) is 4.79 Å². The van der Waals surface area contributed by atoms with Crippen molar-refractivity contribution in [3.63, 3.8) is 0 Å². The number of nitrogens with zero attached hydrogens (tertiary/aromatic N) is 2. The van der Waals surface area contributed by atoms with E-state index in [1.165, 1.54) is 18.2 Å². The van der Waals surface area contributed by atoms with E-state index in [9.17, 15) is 18.0 Å². The SMILES string of the molecule is Cc1nn(C)cc1C(C)NC(=O)NC1(c2cccc(OC(F)(F)F)c2)CC1. The van der Waals surface area contributed by atoms with Crippen molar-refractivity contribution in [3.05, 3.63) is 47.3 Å². The van der Waals surface area contributed by atoms with Crippen LogP contribution < -0.4 is 15.4 Å². The maximum Gasteiger partial charge on any atom is 0.573 e. The average Bonchev–Trinajstić information content (AvgIpc) is 3.23. The Kier molecular flexibility index (Phi) is 4.79. The summed E-state index contributed by atoms with van der Waals surface area (Å²) in [5, 5.41) is 9.99. The van der Waals surface area contributed by atoms with E-state index in [2.05, 4.69) is 20.5 Å². The largest absolute Gasteiger partial charge is 0.573 e. The Balaban J connectivity index is 1.67. The van der Waals surface area contributed by atoms with Gasteiger partial charge >= 0.3 is 12.4 Å². The predicted octanol–water partition coefficient (Wildman–Crippen LogP) is 3.68. The Morgan fingerprint density at radius 3 is 2.63 bits per heavy atom. The number of hydrogen-bond acceptors (Lipinski definition) is 3. The van der Waals surface area contributed by atoms with Crippen molar-refractivity contribution in [3.8, 4) is 5.75 Å². The Labute approximate surface area is 154 Å². The molecule has 0 radical (unpaired) electrons. The van der Waals surface area contributed by atoms with Gasteiger partial charge in [0.05, 0.1) is 17.3 Å². The number of ether oxygens (including phenoxy) is 1. The van der Waals surface area contributed by atoms with Crippen LogP contribution in [-0.2, 0) is 12.6 Å². The van der Waals surface area contributed by atoms with Crippen molar-refractivity contribution < 1.29 is 22.7 Å². The zero-order chi connectivity index (χ0) is 19.8. The number of aromatic nitrogens is 2. The first-order valence-corrected chi connectivity index (χ1v) is 8.53. The summed E-state index contributed by atoms with van der Waals surface area (Å²) in [6, 6.07) is 5.08. The summed E-state index contributed by atoms with van der Waals surface area (Å²) in [4.78, 5) is 12.4. The lowest BCUT2D eigenvalue weighted by Crippen LogP contribution is -2.43. The van der Waals surface area contributed by atoms with Crippen molar-refractivity contribution in [1.82, 2.24) is 20.4 Å². The molecular weight excluding hydrogens is 361 g/mol. The molecule has 6 nitrogen and oxygen atoms in total. The first-order chi connectivity index (χ1) is 12.6. The fourth-order valence-corrected chi connectivity index (χ4v) is 3.17. The van der Waals surface area contributed by atoms with Gasteiger partial charge in [0, 0.05) is 18.8 Å². The third-order valence-electron chi connectivity index (χ3n) is 4.59. The maximum absolute atomic E-state index is 12.4. The van der Waals surface area contributed by atoms with Crippen LogP contribution in [0, 0.1) is 6.92 Å². The molecule has 0 saturated heterocycles. The minimum Gasteiger partial charge on any atom is -0.406 e. The van der Waals surface area contributed by atoms with E-state index in [-0.39, 0.29) is 17.8 Å². The van der Waals surface area contributed by atoms with Crippen LogP contribution in [0.15, 0.2) is 30.5 Å². The Morgan fingerprint density at radius 2 is 2.07 bits per heavy atom. The van der Waals surface area contributed by atoms with Gasteiger partial charge < -0.3 is 15.4 Å². The van der Waals surface area contributed by atoms with Crippen molar-refractivity contribution >= 4 is 6.03 Å². The van der Waals surface area contributed by atoms with Gasteiger partial charge in [-0.1, -0.05) is 12.1 Å². The molecule has 1 aliphatic carbocycles. The van der Waals surface area contributed by atoms with Gasteiger partial charge in [0.15, 0.2) is 0 Å². The molecule has 1 atom stereocenters. The molecule has 0 bridgehead atoms. The monoisotopic (exact) mass is 382 g/mol. The number of halogens is 3. The fraction of sp³-hybridized carbons (Fsp3) is 0.444. The molecule has 1 aliphatic rings. The molecule has 1 aromatic carbocycles. The molecule has 3 rings (SSSR count). The molecule has 1 unspecified atom stereocenters. The third kappa shape index (κ3) is 4.53. The van der Waals surface area contributed by atoms with Crippen molar-refractivity contribution in [2.24, 2.45) is 7.05 Å². The van der Waals surface area contributed by atoms with Crippen molar-refractivity contribution in [1.29, 1.82) is 0 Å². The highest BCUT2D eigenvalue weighted by Gasteiger charge is 2.46. The molecule has 2 amide bonds. The Morgan fingerprint density at radius 1 is 1.37 bits per heavy atom. The first-order valence-electron chi connectivity index (χ1n) is 8.53. The van der Waals surface area contributed by atoms with Gasteiger partial charge in [-0.05, 0) is 44.4 Å². The summed E-state index contributed by atoms with van der Waals surface area (Å²) in [5.41, 5.74) is 1.64. The average molecular weight is 382 g/mol. The highest BCUT2D eigenvalue weighted by Crippen LogP contribution is 2.46. The fourth-order valence-electron chi connectivity index (χ4n) is 3.17. The van der Waals surface area contributed by atoms with Crippen LogP contribution in [0.3, 0.4) is 0 Å². The molecule has 1 aromatic heterocycles. The molecule has 1 heterocycles. The highest BCUT2D eigenvalue weighted by atomic mass is 19.4. The summed E-state index contributed by atoms with van der Waals surface area (Å²) in [5.74, 6) is -0.298. The van der Waals surface area contributed by atoms with E-state index in [0.717, 1.165) is 11.3 Å². The summed E-state index contributed by atoms with van der Waals surface area (Å²) < 4.78 is 42.9. The number of carbonyl (C=O) groups excluding carboxylic acids is 1. The van der Waals surface area contributed by atoms with Crippen LogP contribution in [0.4, 0.5) is 18.0 Å². The number of hydrogen-bond donors (Lipinski definition) is 2. The lowest BCUT2D eigenvalue weighted by atomic mass is 10.0. The van der Waals surface area contributed by atoms with Gasteiger partial charge in [0.1, 0.15) is 5.75 Å². The quantitative estimate of drug-likeness (QED) is 0.829. The van der Waals surface area contributed by atoms with Crippen LogP contribution >= 0.6 is 0 Å². The molecule has 0 aliphatic heterocycles. The maximum atomic E-state index is 12.4. The minimum atomic E-state index is -4.75. The van der Waals surface area contributed by atoms with Crippen LogP contribution in [-0.4, -0.2) is 22.2 Å². The number of amides is 2. The van der Waals surface area contributed by atoms with E-state index < -0.39 is 11.9 Å². The molecular formula is C18H21F3N4O2. The summed E-state index contributed by atoms with van der Waals surface area (Å²) in [6.07, 6.45) is -1.62. The number of rotatable bonds is 5. The van der Waals surface area contributed by atoms with E-state index >= 15 is 0 Å². The molecule has 1 fully saturated rings. The van der Waals surface area contributed by atoms with Gasteiger partial charge in [0.2, 0.25) is 0 Å². The number of alkyl halides is 3. The highest BCUT2D eigenvalue weighted by molar-refractivity contribution is 5.76. The second kappa shape index (κ2) is 6.79. The zero-order valence-corrected chi connectivity index (χ0v) is 15.2. The molecule has 0 spiro atoms. The summed E-state index contributed by atoms with van der Waals surface area (Å²) in [7, 11) is 1.80. The molecule has 1 saturated carbocycles. The van der Waals surface area contributed by atoms with Gasteiger partial charge in [-0.15, -0.1) is 13.2 Å². The lowest BCUT2D eigenvalue weighted by Gasteiger charge is -2.21. The van der Waals surface area contributed by atoms with Crippen LogP contribution in [0.2, 0.25) is 0 Å². The van der Waals surface area contributed by atoms with Crippen LogP contribution in [0.1, 0.15) is 42.6 Å². The Bertz CT molecular complexity index is 843. The predicted molar refractivity (Wildman–Crippen MR) is 92.1 cm³/mol. The third-order valence-corrected chi connectivity index (χ3v) is 4.59. The van der Waals surface area contributed by atoms with Gasteiger partial charge in [-0.3, -0.25) is 4.68 Å². The molecule has 2 N–H and O–H groups in total. The lowest BCUT2D eigenvalue weighted by molar-refractivity contribution is -0.274. The molecule has 27 heavy (non-hydrogen) atoms. The van der Waals surface area contributed by atoms with Crippen molar-refractivity contribution in [2.75, 3.05) is 0 Å². The number of urea groups is 1. The topological polar surface area (TPSA) is 68.2 Å². The molecule has 146 valence electrons. The van der Waals surface area contributed by atoms with Gasteiger partial charge in [-0.2, -0.15) is 5.10 Å². The molecule has 9 heteroatoms. The van der Waals surface area contributed by atoms with E-state index in [0.29, 0.717) is 18.4 Å². The number of carbonyl (C=O) groups is 1. The van der Waals surface area contributed by atoms with E-state index in [1.54, 1.807) is 17.8 Å². The van der Waals surface area contributed by atoms with Crippen LogP contribution in [0.25, 0.3) is 0 Å². The summed E-state index contributed by atoms with van der Waals surface area (Å²) >= 11 is 0. The number of nitrogens with one attached hydrogen (secondary N) is 2. The number of aryl methyl sites for hydroxylation is 2.